The fourth-order valence-corrected chi connectivity index (χ4v) is 4.04. The topological polar surface area (TPSA) is 21.1 Å². The van der Waals surface area contributed by atoms with Crippen LogP contribution in [0.25, 0.3) is 5.57 Å². The number of rotatable bonds is 3. The Bertz CT molecular complexity index is 671. The Labute approximate surface area is 132 Å². The number of aromatic nitrogens is 2. The van der Waals surface area contributed by atoms with Gasteiger partial charge in [-0.15, -0.1) is 0 Å². The third-order valence-corrected chi connectivity index (χ3v) is 5.14. The second-order valence-corrected chi connectivity index (χ2v) is 6.55. The molecule has 3 nitrogen and oxygen atoms in total. The summed E-state index contributed by atoms with van der Waals surface area (Å²) >= 11 is 0. The van der Waals surface area contributed by atoms with E-state index < -0.39 is 0 Å². The summed E-state index contributed by atoms with van der Waals surface area (Å²) in [5.74, 6) is 0. The van der Waals surface area contributed by atoms with Gasteiger partial charge < -0.3 is 0 Å². The summed E-state index contributed by atoms with van der Waals surface area (Å²) in [5, 5.41) is 4.33. The van der Waals surface area contributed by atoms with E-state index in [9.17, 15) is 0 Å². The monoisotopic (exact) mass is 293 g/mol. The van der Waals surface area contributed by atoms with Crippen molar-refractivity contribution in [1.29, 1.82) is 0 Å². The average Bonchev–Trinajstić information content (AvgIpc) is 2.94. The molecule has 114 valence electrons. The minimum Gasteiger partial charge on any atom is -0.289 e. The van der Waals surface area contributed by atoms with Crippen molar-refractivity contribution in [3.05, 3.63) is 59.9 Å². The molecule has 1 fully saturated rings. The summed E-state index contributed by atoms with van der Waals surface area (Å²) in [7, 11) is 2.04. The van der Waals surface area contributed by atoms with E-state index in [4.69, 9.17) is 0 Å². The van der Waals surface area contributed by atoms with E-state index in [1.54, 1.807) is 0 Å². The Hall–Kier alpha value is -1.87. The lowest BCUT2D eigenvalue weighted by Gasteiger charge is -2.45. The molecule has 0 saturated carbocycles. The zero-order valence-electron chi connectivity index (χ0n) is 13.2. The predicted octanol–water partition coefficient (Wildman–Crippen LogP) is 3.63. The maximum Gasteiger partial charge on any atom is 0.0636 e. The molecule has 1 aromatic carbocycles. The van der Waals surface area contributed by atoms with Crippen LogP contribution in [-0.2, 0) is 13.6 Å². The van der Waals surface area contributed by atoms with Crippen LogP contribution in [0, 0.1) is 0 Å². The molecule has 0 amide bonds. The van der Waals surface area contributed by atoms with Crippen molar-refractivity contribution >= 4 is 5.57 Å². The minimum absolute atomic E-state index is 0.581. The first-order chi connectivity index (χ1) is 10.8. The highest BCUT2D eigenvalue weighted by molar-refractivity contribution is 5.65. The van der Waals surface area contributed by atoms with Gasteiger partial charge in [0, 0.05) is 31.9 Å². The van der Waals surface area contributed by atoms with E-state index >= 15 is 0 Å². The van der Waals surface area contributed by atoms with Crippen LogP contribution in [0.5, 0.6) is 0 Å². The number of fused-ring (bicyclic) bond motifs is 2. The first-order valence-electron chi connectivity index (χ1n) is 8.30. The second kappa shape index (κ2) is 5.73. The zero-order valence-corrected chi connectivity index (χ0v) is 13.2. The van der Waals surface area contributed by atoms with E-state index in [0.717, 1.165) is 13.0 Å². The Morgan fingerprint density at radius 2 is 2.00 bits per heavy atom. The van der Waals surface area contributed by atoms with Crippen LogP contribution in [0.2, 0.25) is 0 Å². The SMILES string of the molecule is Cn1nccc1C1=CC2CCCC(C1)N2Cc1ccccc1. The first kappa shape index (κ1) is 13.8. The van der Waals surface area contributed by atoms with Gasteiger partial charge in [-0.3, -0.25) is 9.58 Å². The molecule has 2 atom stereocenters. The molecule has 3 heterocycles. The van der Waals surface area contributed by atoms with Crippen LogP contribution >= 0.6 is 0 Å². The van der Waals surface area contributed by atoms with Crippen LogP contribution in [0.15, 0.2) is 48.7 Å². The highest BCUT2D eigenvalue weighted by Crippen LogP contribution is 2.37. The molecular formula is C19H23N3. The van der Waals surface area contributed by atoms with Gasteiger partial charge in [-0.05, 0) is 36.5 Å². The summed E-state index contributed by atoms with van der Waals surface area (Å²) in [4.78, 5) is 2.71. The molecule has 3 heteroatoms. The fourth-order valence-electron chi connectivity index (χ4n) is 4.04. The van der Waals surface area contributed by atoms with E-state index in [-0.39, 0.29) is 0 Å². The van der Waals surface area contributed by atoms with Gasteiger partial charge in [0.15, 0.2) is 0 Å². The Kier molecular flexibility index (Phi) is 3.59. The van der Waals surface area contributed by atoms with Gasteiger partial charge in [0.1, 0.15) is 0 Å². The maximum absolute atomic E-state index is 4.33. The normalized spacial score (nSPS) is 25.0. The summed E-state index contributed by atoms with van der Waals surface area (Å²) in [6.45, 7) is 1.07. The van der Waals surface area contributed by atoms with Crippen molar-refractivity contribution in [3.8, 4) is 0 Å². The number of piperidine rings is 1. The van der Waals surface area contributed by atoms with Gasteiger partial charge in [-0.25, -0.2) is 0 Å². The van der Waals surface area contributed by atoms with Gasteiger partial charge in [0.25, 0.3) is 0 Å². The lowest BCUT2D eigenvalue weighted by Crippen LogP contribution is -2.47. The van der Waals surface area contributed by atoms with Gasteiger partial charge in [0.2, 0.25) is 0 Å². The van der Waals surface area contributed by atoms with Crippen LogP contribution in [0.3, 0.4) is 0 Å². The maximum atomic E-state index is 4.33. The third kappa shape index (κ3) is 2.50. The van der Waals surface area contributed by atoms with Gasteiger partial charge in [-0.1, -0.05) is 42.8 Å². The van der Waals surface area contributed by atoms with Crippen LogP contribution in [0.4, 0.5) is 0 Å². The molecule has 4 rings (SSSR count). The lowest BCUT2D eigenvalue weighted by molar-refractivity contribution is 0.0949. The molecule has 0 spiro atoms. The quantitative estimate of drug-likeness (QED) is 0.861. The van der Waals surface area contributed by atoms with E-state index in [1.807, 2.05) is 17.9 Å². The number of hydrogen-bond donors (Lipinski definition) is 0. The van der Waals surface area contributed by atoms with E-state index in [0.29, 0.717) is 12.1 Å². The van der Waals surface area contributed by atoms with Crippen molar-refractivity contribution < 1.29 is 0 Å². The lowest BCUT2D eigenvalue weighted by atomic mass is 9.83. The molecule has 2 aliphatic heterocycles. The van der Waals surface area contributed by atoms with Crippen LogP contribution in [-0.4, -0.2) is 26.8 Å². The second-order valence-electron chi connectivity index (χ2n) is 6.55. The molecule has 2 unspecified atom stereocenters. The Balaban J connectivity index is 1.61. The fraction of sp³-hybridized carbons (Fsp3) is 0.421. The molecule has 2 bridgehead atoms. The summed E-state index contributed by atoms with van der Waals surface area (Å²) in [6.07, 6.45) is 9.51. The van der Waals surface area contributed by atoms with Crippen LogP contribution in [0.1, 0.15) is 36.9 Å². The first-order valence-corrected chi connectivity index (χ1v) is 8.30. The molecular weight excluding hydrogens is 270 g/mol. The highest BCUT2D eigenvalue weighted by Gasteiger charge is 2.34. The van der Waals surface area contributed by atoms with Gasteiger partial charge in [0.05, 0.1) is 5.69 Å². The van der Waals surface area contributed by atoms with Crippen LogP contribution < -0.4 is 0 Å². The summed E-state index contributed by atoms with van der Waals surface area (Å²) in [6, 6.07) is 14.3. The molecule has 2 aliphatic rings. The highest BCUT2D eigenvalue weighted by atomic mass is 15.3. The Morgan fingerprint density at radius 3 is 2.73 bits per heavy atom. The standard InChI is InChI=1S/C19H23N3/c1-21-19(10-11-20-21)16-12-17-8-5-9-18(13-16)22(17)14-15-6-3-2-4-7-15/h2-4,6-7,10-12,17-18H,5,8-9,13-14H2,1H3. The summed E-state index contributed by atoms with van der Waals surface area (Å²) in [5.41, 5.74) is 4.20. The molecule has 1 saturated heterocycles. The number of nitrogens with zero attached hydrogens (tertiary/aromatic N) is 3. The van der Waals surface area contributed by atoms with Crippen molar-refractivity contribution in [1.82, 2.24) is 14.7 Å². The molecule has 2 aromatic rings. The zero-order chi connectivity index (χ0) is 14.9. The number of aryl methyl sites for hydroxylation is 1. The molecule has 1 aromatic heterocycles. The van der Waals surface area contributed by atoms with Crippen molar-refractivity contribution in [2.75, 3.05) is 0 Å². The Morgan fingerprint density at radius 1 is 1.14 bits per heavy atom. The summed E-state index contributed by atoms with van der Waals surface area (Å²) < 4.78 is 2.01. The number of benzene rings is 1. The van der Waals surface area contributed by atoms with Gasteiger partial charge >= 0.3 is 0 Å². The van der Waals surface area contributed by atoms with E-state index in [2.05, 4.69) is 52.5 Å². The molecule has 0 N–H and O–H groups in total. The predicted molar refractivity (Wildman–Crippen MR) is 89.2 cm³/mol. The van der Waals surface area contributed by atoms with Crippen molar-refractivity contribution in [3.63, 3.8) is 0 Å². The van der Waals surface area contributed by atoms with E-state index in [1.165, 1.54) is 36.1 Å². The molecule has 22 heavy (non-hydrogen) atoms. The van der Waals surface area contributed by atoms with Gasteiger partial charge in [-0.2, -0.15) is 5.10 Å². The minimum atomic E-state index is 0.581. The molecule has 0 aliphatic carbocycles. The third-order valence-electron chi connectivity index (χ3n) is 5.14. The van der Waals surface area contributed by atoms with Crippen molar-refractivity contribution in [2.24, 2.45) is 7.05 Å². The number of hydrogen-bond acceptors (Lipinski definition) is 2. The van der Waals surface area contributed by atoms with Crippen molar-refractivity contribution in [2.45, 2.75) is 44.3 Å². The largest absolute Gasteiger partial charge is 0.289 e. The smallest absolute Gasteiger partial charge is 0.0636 e. The average molecular weight is 293 g/mol. The molecule has 0 radical (unpaired) electrons.